The molecule has 0 radical (unpaired) electrons. The van der Waals surface area contributed by atoms with E-state index in [9.17, 15) is 0 Å². The molecule has 4 aliphatic rings. The van der Waals surface area contributed by atoms with Crippen molar-refractivity contribution >= 4 is 0 Å². The smallest absolute Gasteiger partial charge is 0.0244 e. The zero-order chi connectivity index (χ0) is 12.0. The van der Waals surface area contributed by atoms with Crippen molar-refractivity contribution in [1.82, 2.24) is 4.90 Å². The molecule has 3 atom stereocenters. The molecule has 0 spiro atoms. The first-order valence-electron chi connectivity index (χ1n) is 7.63. The van der Waals surface area contributed by atoms with Gasteiger partial charge in [-0.1, -0.05) is 13.8 Å². The average molecular weight is 236 g/mol. The van der Waals surface area contributed by atoms with Gasteiger partial charge >= 0.3 is 0 Å². The first-order chi connectivity index (χ1) is 8.17. The molecule has 0 aromatic rings. The maximum absolute atomic E-state index is 6.04. The Balaban J connectivity index is 1.81. The summed E-state index contributed by atoms with van der Waals surface area (Å²) in [6.45, 7) is 6.87. The zero-order valence-corrected chi connectivity index (χ0v) is 11.4. The van der Waals surface area contributed by atoms with Crippen LogP contribution in [0, 0.1) is 23.7 Å². The number of fused-ring (bicyclic) bond motifs is 1. The van der Waals surface area contributed by atoms with Gasteiger partial charge in [-0.2, -0.15) is 0 Å². The van der Waals surface area contributed by atoms with Crippen molar-refractivity contribution in [2.24, 2.45) is 29.4 Å². The minimum Gasteiger partial charge on any atom is -0.329 e. The molecule has 0 aromatic heterocycles. The van der Waals surface area contributed by atoms with Crippen molar-refractivity contribution in [2.75, 3.05) is 13.1 Å². The Morgan fingerprint density at radius 3 is 2.12 bits per heavy atom. The SMILES string of the molecule is CC(C)C(CN)N1CC2CC3CC(C2)CC1C3. The highest BCUT2D eigenvalue weighted by atomic mass is 15.2. The molecule has 2 aliphatic carbocycles. The van der Waals surface area contributed by atoms with Crippen molar-refractivity contribution in [3.63, 3.8) is 0 Å². The van der Waals surface area contributed by atoms with Crippen LogP contribution < -0.4 is 5.73 Å². The van der Waals surface area contributed by atoms with E-state index >= 15 is 0 Å². The van der Waals surface area contributed by atoms with E-state index in [4.69, 9.17) is 5.73 Å². The second-order valence-electron chi connectivity index (χ2n) is 7.17. The van der Waals surface area contributed by atoms with Crippen LogP contribution in [0.25, 0.3) is 0 Å². The molecule has 4 rings (SSSR count). The Hall–Kier alpha value is -0.0800. The van der Waals surface area contributed by atoms with Crippen LogP contribution in [0.5, 0.6) is 0 Å². The van der Waals surface area contributed by atoms with Crippen LogP contribution in [0.2, 0.25) is 0 Å². The van der Waals surface area contributed by atoms with E-state index in [-0.39, 0.29) is 0 Å². The molecule has 3 unspecified atom stereocenters. The quantitative estimate of drug-likeness (QED) is 0.815. The van der Waals surface area contributed by atoms with Crippen LogP contribution in [-0.4, -0.2) is 30.1 Å². The Morgan fingerprint density at radius 1 is 1.00 bits per heavy atom. The zero-order valence-electron chi connectivity index (χ0n) is 11.4. The molecule has 2 heteroatoms. The maximum Gasteiger partial charge on any atom is 0.0244 e. The van der Waals surface area contributed by atoms with Gasteiger partial charge in [0.2, 0.25) is 0 Å². The number of nitrogens with two attached hydrogens (primary N) is 1. The average Bonchev–Trinajstić information content (AvgIpc) is 2.44. The van der Waals surface area contributed by atoms with E-state index in [0.717, 1.165) is 30.3 Å². The van der Waals surface area contributed by atoms with Crippen molar-refractivity contribution in [3.8, 4) is 0 Å². The third-order valence-electron chi connectivity index (χ3n) is 5.59. The van der Waals surface area contributed by atoms with Gasteiger partial charge in [-0.05, 0) is 55.8 Å². The molecule has 2 saturated carbocycles. The molecule has 2 N–H and O–H groups in total. The monoisotopic (exact) mass is 236 g/mol. The second kappa shape index (κ2) is 4.55. The van der Waals surface area contributed by atoms with Gasteiger partial charge in [0.15, 0.2) is 0 Å². The van der Waals surface area contributed by atoms with E-state index in [0.29, 0.717) is 12.0 Å². The van der Waals surface area contributed by atoms with Crippen LogP contribution in [0.3, 0.4) is 0 Å². The highest BCUT2D eigenvalue weighted by Gasteiger charge is 2.44. The van der Waals surface area contributed by atoms with Gasteiger partial charge in [0, 0.05) is 25.2 Å². The lowest BCUT2D eigenvalue weighted by molar-refractivity contribution is 0.0787. The number of hydrogen-bond donors (Lipinski definition) is 1. The Kier molecular flexibility index (Phi) is 3.20. The summed E-state index contributed by atoms with van der Waals surface area (Å²) in [5.74, 6) is 3.79. The summed E-state index contributed by atoms with van der Waals surface area (Å²) in [4.78, 5) is 2.81. The molecule has 98 valence electrons. The lowest BCUT2D eigenvalue weighted by atomic mass is 9.68. The Bertz CT molecular complexity index is 262. The first kappa shape index (κ1) is 12.0. The van der Waals surface area contributed by atoms with Crippen molar-refractivity contribution in [1.29, 1.82) is 0 Å². The lowest BCUT2D eigenvalue weighted by Crippen LogP contribution is -2.50. The molecule has 2 aliphatic heterocycles. The second-order valence-corrected chi connectivity index (χ2v) is 7.17. The van der Waals surface area contributed by atoms with E-state index in [1.165, 1.54) is 38.6 Å². The predicted molar refractivity (Wildman–Crippen MR) is 71.7 cm³/mol. The molecule has 0 amide bonds. The summed E-state index contributed by atoms with van der Waals surface area (Å²) >= 11 is 0. The number of rotatable bonds is 3. The van der Waals surface area contributed by atoms with Gasteiger partial charge in [-0.25, -0.2) is 0 Å². The highest BCUT2D eigenvalue weighted by Crippen LogP contribution is 2.48. The fraction of sp³-hybridized carbons (Fsp3) is 1.00. The van der Waals surface area contributed by atoms with Crippen LogP contribution in [-0.2, 0) is 0 Å². The fourth-order valence-electron chi connectivity index (χ4n) is 5.02. The van der Waals surface area contributed by atoms with Gasteiger partial charge in [0.1, 0.15) is 0 Å². The van der Waals surface area contributed by atoms with E-state index in [1.807, 2.05) is 0 Å². The largest absolute Gasteiger partial charge is 0.329 e. The van der Waals surface area contributed by atoms with Gasteiger partial charge in [0.05, 0.1) is 0 Å². The summed E-state index contributed by atoms with van der Waals surface area (Å²) in [7, 11) is 0. The van der Waals surface area contributed by atoms with Gasteiger partial charge in [0.25, 0.3) is 0 Å². The van der Waals surface area contributed by atoms with Crippen LogP contribution in [0.15, 0.2) is 0 Å². The van der Waals surface area contributed by atoms with Gasteiger partial charge in [-0.3, -0.25) is 4.90 Å². The third-order valence-corrected chi connectivity index (χ3v) is 5.59. The molecule has 4 fully saturated rings. The topological polar surface area (TPSA) is 29.3 Å². The fourth-order valence-corrected chi connectivity index (χ4v) is 5.02. The summed E-state index contributed by atoms with van der Waals surface area (Å²) in [6, 6.07) is 1.49. The van der Waals surface area contributed by atoms with Gasteiger partial charge in [-0.15, -0.1) is 0 Å². The van der Waals surface area contributed by atoms with Crippen LogP contribution in [0.1, 0.15) is 46.0 Å². The molecular formula is C15H28N2. The van der Waals surface area contributed by atoms with E-state index in [1.54, 1.807) is 0 Å². The molecule has 2 heterocycles. The summed E-state index contributed by atoms with van der Waals surface area (Å²) in [5.41, 5.74) is 6.04. The standard InChI is InChI=1S/C15H28N2/c1-10(2)15(8-16)17-9-13-4-11-3-12(5-13)7-14(17)6-11/h10-15H,3-9,16H2,1-2H3. The summed E-state index contributed by atoms with van der Waals surface area (Å²) in [5, 5.41) is 0. The summed E-state index contributed by atoms with van der Waals surface area (Å²) < 4.78 is 0. The summed E-state index contributed by atoms with van der Waals surface area (Å²) in [6.07, 6.45) is 7.50. The van der Waals surface area contributed by atoms with Crippen molar-refractivity contribution < 1.29 is 0 Å². The van der Waals surface area contributed by atoms with Crippen molar-refractivity contribution in [2.45, 2.75) is 58.0 Å². The van der Waals surface area contributed by atoms with Crippen LogP contribution >= 0.6 is 0 Å². The van der Waals surface area contributed by atoms with Crippen LogP contribution in [0.4, 0.5) is 0 Å². The Morgan fingerprint density at radius 2 is 1.59 bits per heavy atom. The maximum atomic E-state index is 6.04. The first-order valence-corrected chi connectivity index (χ1v) is 7.63. The van der Waals surface area contributed by atoms with Gasteiger partial charge < -0.3 is 5.73 Å². The molecule has 0 aromatic carbocycles. The number of hydrogen-bond acceptors (Lipinski definition) is 2. The minimum absolute atomic E-state index is 0.623. The third kappa shape index (κ3) is 2.15. The Labute approximate surface area is 106 Å². The minimum atomic E-state index is 0.623. The normalized spacial score (nSPS) is 43.1. The number of nitrogens with zero attached hydrogens (tertiary/aromatic N) is 1. The van der Waals surface area contributed by atoms with Crippen molar-refractivity contribution in [3.05, 3.63) is 0 Å². The van der Waals surface area contributed by atoms with E-state index in [2.05, 4.69) is 18.7 Å². The molecular weight excluding hydrogens is 208 g/mol. The highest BCUT2D eigenvalue weighted by molar-refractivity contribution is 4.97. The molecule has 2 nitrogen and oxygen atoms in total. The predicted octanol–water partition coefficient (Wildman–Crippen LogP) is 2.48. The molecule has 4 bridgehead atoms. The van der Waals surface area contributed by atoms with E-state index < -0.39 is 0 Å². The molecule has 17 heavy (non-hydrogen) atoms. The molecule has 2 saturated heterocycles. The lowest BCUT2D eigenvalue weighted by Gasteiger charge is -2.42.